The van der Waals surface area contributed by atoms with Gasteiger partial charge in [0.2, 0.25) is 0 Å². The number of rotatable bonds is 4. The third kappa shape index (κ3) is 4.22. The number of allylic oxidation sites excluding steroid dienone is 1. The van der Waals surface area contributed by atoms with Gasteiger partial charge in [-0.25, -0.2) is 9.78 Å². The number of likely N-dealkylation sites (tertiary alicyclic amines) is 1. The topological polar surface area (TPSA) is 73.1 Å². The summed E-state index contributed by atoms with van der Waals surface area (Å²) in [5, 5.41) is 6.09. The Hall–Kier alpha value is -2.60. The average Bonchev–Trinajstić information content (AvgIpc) is 3.13. The second-order valence-corrected chi connectivity index (χ2v) is 7.46. The van der Waals surface area contributed by atoms with Gasteiger partial charge in [0.25, 0.3) is 0 Å². The van der Waals surface area contributed by atoms with Crippen LogP contribution in [0, 0.1) is 0 Å². The zero-order valence-electron chi connectivity index (χ0n) is 15.7. The van der Waals surface area contributed by atoms with E-state index in [1.807, 2.05) is 30.3 Å². The van der Waals surface area contributed by atoms with Gasteiger partial charge in [-0.1, -0.05) is 36.4 Å². The van der Waals surface area contributed by atoms with Gasteiger partial charge < -0.3 is 15.6 Å². The Labute approximate surface area is 160 Å². The van der Waals surface area contributed by atoms with Crippen LogP contribution in [0.2, 0.25) is 0 Å². The van der Waals surface area contributed by atoms with Gasteiger partial charge in [0.15, 0.2) is 0 Å². The van der Waals surface area contributed by atoms with Gasteiger partial charge in [-0.05, 0) is 44.4 Å². The minimum atomic E-state index is -0.103. The van der Waals surface area contributed by atoms with Crippen molar-refractivity contribution in [2.45, 2.75) is 44.3 Å². The van der Waals surface area contributed by atoms with Crippen molar-refractivity contribution in [3.63, 3.8) is 0 Å². The molecule has 0 spiro atoms. The Morgan fingerprint density at radius 2 is 2.19 bits per heavy atom. The lowest BCUT2D eigenvalue weighted by Crippen LogP contribution is -2.48. The van der Waals surface area contributed by atoms with Crippen LogP contribution in [0.15, 0.2) is 36.4 Å². The fourth-order valence-electron chi connectivity index (χ4n) is 3.90. The van der Waals surface area contributed by atoms with Gasteiger partial charge >= 0.3 is 6.03 Å². The number of carbonyl (C=O) groups excluding carboxylic acids is 1. The number of fused-ring (bicyclic) bond motifs is 1. The molecule has 2 aliphatic rings. The number of aryl methyl sites for hydroxylation is 1. The molecule has 2 amide bonds. The second kappa shape index (κ2) is 7.96. The molecule has 0 radical (unpaired) electrons. The first-order valence-corrected chi connectivity index (χ1v) is 9.73. The van der Waals surface area contributed by atoms with E-state index < -0.39 is 0 Å². The molecule has 1 aromatic heterocycles. The normalized spacial score (nSPS) is 22.3. The number of benzene rings is 1. The third-order valence-electron chi connectivity index (χ3n) is 5.48. The lowest BCUT2D eigenvalue weighted by Gasteiger charge is -2.36. The molecule has 27 heavy (non-hydrogen) atoms. The summed E-state index contributed by atoms with van der Waals surface area (Å²) in [5.41, 5.74) is 3.40. The van der Waals surface area contributed by atoms with Gasteiger partial charge in [0, 0.05) is 24.8 Å². The van der Waals surface area contributed by atoms with E-state index in [0.717, 1.165) is 49.3 Å². The van der Waals surface area contributed by atoms with E-state index in [1.165, 1.54) is 5.69 Å². The Balaban J connectivity index is 1.35. The number of aromatic amines is 1. The number of carbonyl (C=O) groups is 1. The van der Waals surface area contributed by atoms with Crippen LogP contribution in [0.1, 0.15) is 48.1 Å². The summed E-state index contributed by atoms with van der Waals surface area (Å²) >= 11 is 0. The molecule has 1 unspecified atom stereocenters. The van der Waals surface area contributed by atoms with Crippen LogP contribution in [-0.4, -0.2) is 40.5 Å². The highest BCUT2D eigenvalue weighted by Crippen LogP contribution is 2.30. The zero-order valence-corrected chi connectivity index (χ0v) is 15.7. The molecular formula is C21H27N5O. The van der Waals surface area contributed by atoms with Crippen LogP contribution in [0.3, 0.4) is 0 Å². The number of urea groups is 1. The molecule has 2 aromatic rings. The minimum absolute atomic E-state index is 0.103. The number of hydrogen-bond acceptors (Lipinski definition) is 3. The molecule has 0 saturated carbocycles. The molecule has 0 bridgehead atoms. The molecule has 6 nitrogen and oxygen atoms in total. The van der Waals surface area contributed by atoms with Crippen LogP contribution >= 0.6 is 0 Å². The predicted octanol–water partition coefficient (Wildman–Crippen LogP) is 3.00. The lowest BCUT2D eigenvalue weighted by molar-refractivity contribution is 0.151. The quantitative estimate of drug-likeness (QED) is 0.780. The smallest absolute Gasteiger partial charge is 0.315 e. The van der Waals surface area contributed by atoms with Gasteiger partial charge in [-0.2, -0.15) is 0 Å². The SMILES string of the molecule is CN1CC[C@@H](NC(=O)NCc2ccccc2)CC1c1nc2c([nH]1)CCC=C2. The maximum atomic E-state index is 12.3. The van der Waals surface area contributed by atoms with Crippen molar-refractivity contribution in [3.8, 4) is 0 Å². The molecule has 2 heterocycles. The van der Waals surface area contributed by atoms with Crippen molar-refractivity contribution >= 4 is 12.1 Å². The van der Waals surface area contributed by atoms with Gasteiger partial charge in [-0.3, -0.25) is 4.90 Å². The van der Waals surface area contributed by atoms with Gasteiger partial charge in [0.05, 0.1) is 11.7 Å². The maximum absolute atomic E-state index is 12.3. The molecule has 1 aliphatic heterocycles. The Morgan fingerprint density at radius 1 is 1.33 bits per heavy atom. The molecule has 1 saturated heterocycles. The van der Waals surface area contributed by atoms with Crippen molar-refractivity contribution in [1.29, 1.82) is 0 Å². The predicted molar refractivity (Wildman–Crippen MR) is 106 cm³/mol. The van der Waals surface area contributed by atoms with Crippen molar-refractivity contribution in [1.82, 2.24) is 25.5 Å². The molecule has 1 aromatic carbocycles. The van der Waals surface area contributed by atoms with Crippen molar-refractivity contribution in [3.05, 3.63) is 59.2 Å². The summed E-state index contributed by atoms with van der Waals surface area (Å²) in [7, 11) is 2.13. The first-order chi connectivity index (χ1) is 13.2. The Bertz CT molecular complexity index is 813. The lowest BCUT2D eigenvalue weighted by atomic mass is 9.97. The number of imidazole rings is 1. The molecular weight excluding hydrogens is 338 g/mol. The minimum Gasteiger partial charge on any atom is -0.344 e. The summed E-state index contributed by atoms with van der Waals surface area (Å²) in [6.07, 6.45) is 8.20. The van der Waals surface area contributed by atoms with Crippen LogP contribution in [0.4, 0.5) is 4.79 Å². The fraction of sp³-hybridized carbons (Fsp3) is 0.429. The number of nitrogens with one attached hydrogen (secondary N) is 3. The molecule has 2 atom stereocenters. The van der Waals surface area contributed by atoms with Crippen molar-refractivity contribution in [2.24, 2.45) is 0 Å². The number of piperidine rings is 1. The molecule has 142 valence electrons. The monoisotopic (exact) mass is 365 g/mol. The largest absolute Gasteiger partial charge is 0.344 e. The summed E-state index contributed by atoms with van der Waals surface area (Å²) < 4.78 is 0. The molecule has 1 fully saturated rings. The number of H-pyrrole nitrogens is 1. The van der Waals surface area contributed by atoms with Gasteiger partial charge in [-0.15, -0.1) is 0 Å². The number of amides is 2. The highest BCUT2D eigenvalue weighted by Gasteiger charge is 2.30. The molecule has 6 heteroatoms. The van der Waals surface area contributed by atoms with Crippen LogP contribution < -0.4 is 10.6 Å². The fourth-order valence-corrected chi connectivity index (χ4v) is 3.90. The zero-order chi connectivity index (χ0) is 18.6. The maximum Gasteiger partial charge on any atom is 0.315 e. The highest BCUT2D eigenvalue weighted by molar-refractivity contribution is 5.74. The Morgan fingerprint density at radius 3 is 3.00 bits per heavy atom. The summed E-state index contributed by atoms with van der Waals surface area (Å²) in [5.74, 6) is 1.02. The average molecular weight is 365 g/mol. The van der Waals surface area contributed by atoms with E-state index in [-0.39, 0.29) is 18.1 Å². The summed E-state index contributed by atoms with van der Waals surface area (Å²) in [6.45, 7) is 1.48. The van der Waals surface area contributed by atoms with Crippen molar-refractivity contribution in [2.75, 3.05) is 13.6 Å². The third-order valence-corrected chi connectivity index (χ3v) is 5.48. The van der Waals surface area contributed by atoms with E-state index in [1.54, 1.807) is 0 Å². The van der Waals surface area contributed by atoms with Crippen molar-refractivity contribution < 1.29 is 4.79 Å². The molecule has 1 aliphatic carbocycles. The van der Waals surface area contributed by atoms with Crippen LogP contribution in [-0.2, 0) is 13.0 Å². The van der Waals surface area contributed by atoms with E-state index >= 15 is 0 Å². The van der Waals surface area contributed by atoms with E-state index in [0.29, 0.717) is 6.54 Å². The standard InChI is InChI=1S/C21H27N5O/c1-26-12-11-16(23-21(27)22-14-15-7-3-2-4-8-15)13-19(26)20-24-17-9-5-6-10-18(17)25-20/h2-5,7-9,16,19H,6,10-14H2,1H3,(H,24,25)(H2,22,23,27)/t16-,19?/m1/s1. The van der Waals surface area contributed by atoms with Crippen LogP contribution in [0.5, 0.6) is 0 Å². The first-order valence-electron chi connectivity index (χ1n) is 9.73. The number of nitrogens with zero attached hydrogens (tertiary/aromatic N) is 2. The van der Waals surface area contributed by atoms with Gasteiger partial charge in [0.1, 0.15) is 5.82 Å². The number of aromatic nitrogens is 2. The Kier molecular flexibility index (Phi) is 5.25. The van der Waals surface area contributed by atoms with E-state index in [2.05, 4.69) is 39.7 Å². The number of hydrogen-bond donors (Lipinski definition) is 3. The summed E-state index contributed by atoms with van der Waals surface area (Å²) in [6, 6.07) is 10.2. The highest BCUT2D eigenvalue weighted by atomic mass is 16.2. The van der Waals surface area contributed by atoms with E-state index in [9.17, 15) is 4.79 Å². The molecule has 3 N–H and O–H groups in total. The van der Waals surface area contributed by atoms with Crippen LogP contribution in [0.25, 0.3) is 6.08 Å². The van der Waals surface area contributed by atoms with E-state index in [4.69, 9.17) is 4.98 Å². The summed E-state index contributed by atoms with van der Waals surface area (Å²) in [4.78, 5) is 23.0. The first kappa shape index (κ1) is 17.8. The molecule has 4 rings (SSSR count). The second-order valence-electron chi connectivity index (χ2n) is 7.46.